The largest absolute Gasteiger partial charge is 0.355 e. The molecule has 4 fully saturated rings. The van der Waals surface area contributed by atoms with Crippen LogP contribution in [-0.4, -0.2) is 0 Å². The van der Waals surface area contributed by atoms with E-state index < -0.39 is 0 Å². The van der Waals surface area contributed by atoms with E-state index in [4.69, 9.17) is 11.6 Å². The van der Waals surface area contributed by atoms with Crippen LogP contribution in [-0.2, 0) is 10.8 Å². The van der Waals surface area contributed by atoms with E-state index in [9.17, 15) is 0 Å². The Kier molecular flexibility index (Phi) is 13.0. The molecule has 0 spiro atoms. The van der Waals surface area contributed by atoms with E-state index in [1.165, 1.54) is 164 Å². The van der Waals surface area contributed by atoms with Crippen molar-refractivity contribution in [2.45, 2.75) is 102 Å². The summed E-state index contributed by atoms with van der Waals surface area (Å²) in [6.45, 7) is 9.36. The number of nitrogens with one attached hydrogen (secondary N) is 1. The number of benzene rings is 10. The Hall–Kier alpha value is -7.47. The highest BCUT2D eigenvalue weighted by Gasteiger charge is 2.42. The first-order valence-electron chi connectivity index (χ1n) is 31.2. The van der Waals surface area contributed by atoms with Crippen LogP contribution < -0.4 is 10.2 Å². The monoisotopic (exact) mass is 1160 g/mol. The van der Waals surface area contributed by atoms with Crippen LogP contribution in [0.15, 0.2) is 218 Å². The van der Waals surface area contributed by atoms with Crippen molar-refractivity contribution < 1.29 is 0 Å². The maximum atomic E-state index is 5.90. The highest BCUT2D eigenvalue weighted by molar-refractivity contribution is 7.26. The summed E-state index contributed by atoms with van der Waals surface area (Å²) in [4.78, 5) is 2.48. The van der Waals surface area contributed by atoms with E-state index in [2.05, 4.69) is 244 Å². The van der Waals surface area contributed by atoms with Gasteiger partial charge in [0.25, 0.3) is 0 Å². The van der Waals surface area contributed by atoms with E-state index in [-0.39, 0.29) is 10.8 Å². The van der Waals surface area contributed by atoms with Gasteiger partial charge in [-0.15, -0.1) is 22.7 Å². The summed E-state index contributed by atoms with van der Waals surface area (Å²) in [7, 11) is 0. The Morgan fingerprint density at radius 3 is 1.39 bits per heavy atom. The number of halogens is 1. The molecule has 6 aliphatic rings. The van der Waals surface area contributed by atoms with Crippen LogP contribution in [0.5, 0.6) is 0 Å². The Morgan fingerprint density at radius 1 is 0.376 bits per heavy atom. The average Bonchev–Trinajstić information content (AvgIpc) is 2.70. The molecule has 4 bridgehead atoms. The predicted octanol–water partition coefficient (Wildman–Crippen LogP) is 24.1. The molecule has 18 rings (SSSR count). The van der Waals surface area contributed by atoms with E-state index in [1.54, 1.807) is 0 Å². The zero-order valence-corrected chi connectivity index (χ0v) is 51.4. The van der Waals surface area contributed by atoms with E-state index in [0.29, 0.717) is 0 Å². The smallest absolute Gasteiger partial charge is 0.0468 e. The summed E-state index contributed by atoms with van der Waals surface area (Å²) in [6.07, 6.45) is 11.5. The van der Waals surface area contributed by atoms with Crippen molar-refractivity contribution in [3.63, 3.8) is 0 Å². The number of hydrogen-bond acceptors (Lipinski definition) is 4. The first-order valence-corrected chi connectivity index (χ1v) is 33.2. The van der Waals surface area contributed by atoms with Crippen molar-refractivity contribution >= 4 is 103 Å². The van der Waals surface area contributed by atoms with Gasteiger partial charge in [0, 0.05) is 84.6 Å². The number of thiophene rings is 2. The molecule has 0 amide bonds. The minimum atomic E-state index is 0.00606. The van der Waals surface area contributed by atoms with Crippen molar-refractivity contribution in [2.75, 3.05) is 10.2 Å². The highest BCUT2D eigenvalue weighted by atomic mass is 35.5. The zero-order valence-electron chi connectivity index (χ0n) is 49.0. The second kappa shape index (κ2) is 20.9. The standard InChI is InChI=1S/C40H35NS.C27H21NS.C13H15Cl/c1-40(2)36-9-5-3-7-31(36)34-23-29(17-19-37(34)40)41(28-15-13-26(14-16-28)33-22-25-11-12-27(33)21-25)30-18-20-39-35(24-30)32-8-4-6-10-38(32)42-39;1-27(2)23-9-5-3-7-19(23)21-15-17(11-13-24(21)27)28-18-12-14-26-22(16-18)20-8-4-6-10-25(20)29-26;14-12-5-3-10(4-6-12)13-8-9-1-2-11(13)7-9/h3-10,13-20,23-25,27,33H,11-12,21-22H2,1-2H3;3-16,28H,1-2H3;3-6,9,11,13H,1-2,7-8H2. The fourth-order valence-electron chi connectivity index (χ4n) is 16.8. The van der Waals surface area contributed by atoms with E-state index in [0.717, 1.165) is 51.9 Å². The molecular weight excluding hydrogens is 1090 g/mol. The number of fused-ring (bicyclic) bond motifs is 16. The molecule has 6 unspecified atom stereocenters. The Labute approximate surface area is 514 Å². The first kappa shape index (κ1) is 53.0. The minimum absolute atomic E-state index is 0.00606. The summed E-state index contributed by atoms with van der Waals surface area (Å²) < 4.78 is 5.37. The van der Waals surface area contributed by atoms with Gasteiger partial charge in [-0.2, -0.15) is 0 Å². The maximum Gasteiger partial charge on any atom is 0.0468 e. The lowest BCUT2D eigenvalue weighted by Gasteiger charge is -2.28. The maximum absolute atomic E-state index is 5.90. The van der Waals surface area contributed by atoms with Crippen molar-refractivity contribution in [1.29, 1.82) is 0 Å². The Bertz CT molecular complexity index is 4540. The van der Waals surface area contributed by atoms with Gasteiger partial charge in [0.2, 0.25) is 0 Å². The van der Waals surface area contributed by atoms with Gasteiger partial charge in [0.05, 0.1) is 0 Å². The molecule has 6 aliphatic carbocycles. The SMILES string of the molecule is CC1(C)c2ccccc2-c2cc(N(c3ccc(C4CC5CCC4C5)cc3)c3ccc4sc5ccccc5c4c3)ccc21.CC1(C)c2ccccc2-c2cc(Nc3ccc4sc5ccccc5c4c3)ccc21.Clc1ccc(C2CC3CCC2C3)cc1. The van der Waals surface area contributed by atoms with Crippen LogP contribution in [0.25, 0.3) is 62.6 Å². The van der Waals surface area contributed by atoms with Gasteiger partial charge in [0.15, 0.2) is 0 Å². The molecule has 5 heteroatoms. The molecule has 0 aliphatic heterocycles. The van der Waals surface area contributed by atoms with Crippen molar-refractivity contribution in [3.05, 3.63) is 257 Å². The minimum Gasteiger partial charge on any atom is -0.355 e. The van der Waals surface area contributed by atoms with Crippen LogP contribution in [0.1, 0.15) is 124 Å². The van der Waals surface area contributed by atoms with Gasteiger partial charge < -0.3 is 10.2 Å². The van der Waals surface area contributed by atoms with Gasteiger partial charge in [0.1, 0.15) is 0 Å². The summed E-state index contributed by atoms with van der Waals surface area (Å²) in [6, 6.07) is 81.0. The van der Waals surface area contributed by atoms with E-state index >= 15 is 0 Å². The summed E-state index contributed by atoms with van der Waals surface area (Å²) in [5.41, 5.74) is 20.1. The van der Waals surface area contributed by atoms with E-state index in [1.807, 2.05) is 34.8 Å². The third kappa shape index (κ3) is 9.24. The van der Waals surface area contributed by atoms with Crippen molar-refractivity contribution in [2.24, 2.45) is 23.7 Å². The molecule has 12 aromatic rings. The molecule has 2 aromatic heterocycles. The van der Waals surface area contributed by atoms with Gasteiger partial charge in [-0.1, -0.05) is 173 Å². The van der Waals surface area contributed by atoms with Crippen LogP contribution >= 0.6 is 34.3 Å². The number of hydrogen-bond donors (Lipinski definition) is 1. The third-order valence-corrected chi connectivity index (χ3v) is 23.6. The van der Waals surface area contributed by atoms with Gasteiger partial charge in [-0.25, -0.2) is 0 Å². The molecule has 2 nitrogen and oxygen atoms in total. The molecule has 2 heterocycles. The van der Waals surface area contributed by atoms with Crippen LogP contribution in [0, 0.1) is 23.7 Å². The fraction of sp³-hybridized carbons (Fsp3) is 0.250. The zero-order chi connectivity index (χ0) is 57.1. The molecule has 4 saturated carbocycles. The molecule has 420 valence electrons. The number of rotatable bonds is 7. The second-order valence-corrected chi connectivity index (χ2v) is 29.2. The highest BCUT2D eigenvalue weighted by Crippen LogP contribution is 2.56. The van der Waals surface area contributed by atoms with Crippen molar-refractivity contribution in [1.82, 2.24) is 0 Å². The van der Waals surface area contributed by atoms with Gasteiger partial charge in [-0.05, 0) is 227 Å². The fourth-order valence-corrected chi connectivity index (χ4v) is 19.1. The third-order valence-electron chi connectivity index (χ3n) is 21.0. The van der Waals surface area contributed by atoms with Crippen LogP contribution in [0.3, 0.4) is 0 Å². The molecule has 6 atom stereocenters. The predicted molar refractivity (Wildman–Crippen MR) is 366 cm³/mol. The summed E-state index contributed by atoms with van der Waals surface area (Å²) in [5, 5.41) is 9.84. The lowest BCUT2D eigenvalue weighted by atomic mass is 9.82. The van der Waals surface area contributed by atoms with Gasteiger partial charge >= 0.3 is 0 Å². The first-order chi connectivity index (χ1) is 41.5. The molecule has 10 aromatic carbocycles. The molecule has 85 heavy (non-hydrogen) atoms. The second-order valence-electron chi connectivity index (χ2n) is 26.6. The average molecular weight is 1160 g/mol. The topological polar surface area (TPSA) is 15.3 Å². The lowest BCUT2D eigenvalue weighted by molar-refractivity contribution is 0.420. The summed E-state index contributed by atoms with van der Waals surface area (Å²) in [5.74, 6) is 5.44. The normalized spacial score (nSPS) is 21.3. The number of anilines is 5. The summed E-state index contributed by atoms with van der Waals surface area (Å²) >= 11 is 9.64. The van der Waals surface area contributed by atoms with Gasteiger partial charge in [-0.3, -0.25) is 0 Å². The van der Waals surface area contributed by atoms with Crippen molar-refractivity contribution in [3.8, 4) is 22.3 Å². The quantitative estimate of drug-likeness (QED) is 0.171. The number of nitrogens with zero attached hydrogens (tertiary/aromatic N) is 1. The lowest BCUT2D eigenvalue weighted by Crippen LogP contribution is -2.15. The van der Waals surface area contributed by atoms with Crippen LogP contribution in [0.2, 0.25) is 5.02 Å². The Balaban J connectivity index is 0.000000117. The van der Waals surface area contributed by atoms with Crippen LogP contribution in [0.4, 0.5) is 28.4 Å². The molecular formula is C80H71ClN2S2. The molecule has 0 radical (unpaired) electrons. The Morgan fingerprint density at radius 2 is 0.812 bits per heavy atom. The molecule has 0 saturated heterocycles. The molecule has 1 N–H and O–H groups in total.